The second-order valence-corrected chi connectivity index (χ2v) is 3.35. The number of hydrogen-bond donors (Lipinski definition) is 1. The zero-order valence-corrected chi connectivity index (χ0v) is 7.93. The Morgan fingerprint density at radius 2 is 1.83 bits per heavy atom. The molecular formula is C8H15NO3. The first-order valence-corrected chi connectivity index (χ1v) is 3.75. The maximum absolute atomic E-state index is 10.7. The van der Waals surface area contributed by atoms with Gasteiger partial charge in [-0.2, -0.15) is 0 Å². The number of esters is 1. The molecule has 4 heteroatoms. The first kappa shape index (κ1) is 10.9. The summed E-state index contributed by atoms with van der Waals surface area (Å²) in [6, 6.07) is 0. The highest BCUT2D eigenvalue weighted by molar-refractivity contribution is 5.73. The summed E-state index contributed by atoms with van der Waals surface area (Å²) in [5.74, 6) is -0.472. The zero-order chi connectivity index (χ0) is 9.78. The van der Waals surface area contributed by atoms with Crippen molar-refractivity contribution < 1.29 is 14.3 Å². The Hall–Kier alpha value is -1.06. The Balaban J connectivity index is 3.86. The van der Waals surface area contributed by atoms with Gasteiger partial charge in [0.05, 0.1) is 5.54 Å². The van der Waals surface area contributed by atoms with Crippen LogP contribution in [0.25, 0.3) is 0 Å². The van der Waals surface area contributed by atoms with Crippen LogP contribution in [0.5, 0.6) is 0 Å². The average Bonchev–Trinajstić information content (AvgIpc) is 1.81. The molecule has 0 saturated heterocycles. The van der Waals surface area contributed by atoms with Crippen molar-refractivity contribution >= 4 is 11.9 Å². The number of ether oxygens (including phenoxy) is 1. The van der Waals surface area contributed by atoms with Crippen molar-refractivity contribution in [1.29, 1.82) is 0 Å². The molecule has 0 unspecified atom stereocenters. The van der Waals surface area contributed by atoms with E-state index in [-0.39, 0.29) is 18.5 Å². The lowest BCUT2D eigenvalue weighted by molar-refractivity contribution is -0.143. The molecule has 0 aliphatic carbocycles. The normalized spacial score (nSPS) is 10.7. The highest BCUT2D eigenvalue weighted by atomic mass is 16.5. The third kappa shape index (κ3) is 5.70. The van der Waals surface area contributed by atoms with Crippen LogP contribution in [0.2, 0.25) is 0 Å². The van der Waals surface area contributed by atoms with E-state index < -0.39 is 5.54 Å². The predicted molar refractivity (Wildman–Crippen MR) is 44.5 cm³/mol. The largest absolute Gasteiger partial charge is 0.463 e. The van der Waals surface area contributed by atoms with Gasteiger partial charge in [-0.1, -0.05) is 0 Å². The van der Waals surface area contributed by atoms with E-state index in [1.165, 1.54) is 13.8 Å². The standard InChI is InChI=1S/C8H15NO3/c1-6(10)9-8(3,4)5-12-7(2)11/h5H2,1-4H3,(H,9,10). The first-order chi connectivity index (χ1) is 5.33. The summed E-state index contributed by atoms with van der Waals surface area (Å²) in [5, 5.41) is 2.66. The Morgan fingerprint density at radius 3 is 2.17 bits per heavy atom. The molecular weight excluding hydrogens is 158 g/mol. The van der Waals surface area contributed by atoms with Crippen LogP contribution in [0.1, 0.15) is 27.7 Å². The molecule has 0 radical (unpaired) electrons. The smallest absolute Gasteiger partial charge is 0.302 e. The van der Waals surface area contributed by atoms with Crippen molar-refractivity contribution in [3.8, 4) is 0 Å². The van der Waals surface area contributed by atoms with Crippen LogP contribution < -0.4 is 5.32 Å². The molecule has 0 heterocycles. The maximum Gasteiger partial charge on any atom is 0.302 e. The van der Waals surface area contributed by atoms with Crippen molar-refractivity contribution in [2.24, 2.45) is 0 Å². The molecule has 0 saturated carbocycles. The van der Waals surface area contributed by atoms with E-state index in [0.29, 0.717) is 0 Å². The van der Waals surface area contributed by atoms with E-state index in [0.717, 1.165) is 0 Å². The summed E-state index contributed by atoms with van der Waals surface area (Å²) >= 11 is 0. The van der Waals surface area contributed by atoms with E-state index in [9.17, 15) is 9.59 Å². The van der Waals surface area contributed by atoms with Gasteiger partial charge in [0.1, 0.15) is 6.61 Å². The third-order valence-electron chi connectivity index (χ3n) is 1.15. The van der Waals surface area contributed by atoms with E-state index in [1.807, 2.05) is 0 Å². The summed E-state index contributed by atoms with van der Waals surface area (Å²) in [5.41, 5.74) is -0.489. The van der Waals surface area contributed by atoms with Crippen molar-refractivity contribution in [1.82, 2.24) is 5.32 Å². The summed E-state index contributed by atoms with van der Waals surface area (Å²) in [6.45, 7) is 6.54. The van der Waals surface area contributed by atoms with Gasteiger partial charge in [0.2, 0.25) is 5.91 Å². The van der Waals surface area contributed by atoms with Crippen LogP contribution in [0, 0.1) is 0 Å². The van der Waals surface area contributed by atoms with Crippen LogP contribution in [0.4, 0.5) is 0 Å². The average molecular weight is 173 g/mol. The SMILES string of the molecule is CC(=O)NC(C)(C)COC(C)=O. The molecule has 1 amide bonds. The molecule has 0 atom stereocenters. The monoisotopic (exact) mass is 173 g/mol. The number of amides is 1. The van der Waals surface area contributed by atoms with Crippen molar-refractivity contribution in [3.63, 3.8) is 0 Å². The fourth-order valence-electron chi connectivity index (χ4n) is 0.795. The molecule has 0 aromatic rings. The Labute approximate surface area is 72.3 Å². The number of carbonyl (C=O) groups excluding carboxylic acids is 2. The Bertz CT molecular complexity index is 187. The number of hydrogen-bond acceptors (Lipinski definition) is 3. The zero-order valence-electron chi connectivity index (χ0n) is 7.93. The molecule has 70 valence electrons. The molecule has 0 aromatic carbocycles. The lowest BCUT2D eigenvalue weighted by Crippen LogP contribution is -2.46. The van der Waals surface area contributed by atoms with Gasteiger partial charge in [0.15, 0.2) is 0 Å². The molecule has 12 heavy (non-hydrogen) atoms. The fourth-order valence-corrected chi connectivity index (χ4v) is 0.795. The summed E-state index contributed by atoms with van der Waals surface area (Å²) in [7, 11) is 0. The van der Waals surface area contributed by atoms with E-state index in [1.54, 1.807) is 13.8 Å². The van der Waals surface area contributed by atoms with Gasteiger partial charge < -0.3 is 10.1 Å². The van der Waals surface area contributed by atoms with E-state index in [4.69, 9.17) is 4.74 Å². The summed E-state index contributed by atoms with van der Waals surface area (Å²) in [4.78, 5) is 21.1. The Morgan fingerprint density at radius 1 is 1.33 bits per heavy atom. The minimum absolute atomic E-state index is 0.132. The second kappa shape index (κ2) is 4.09. The maximum atomic E-state index is 10.7. The highest BCUT2D eigenvalue weighted by Gasteiger charge is 2.19. The molecule has 0 aromatic heterocycles. The lowest BCUT2D eigenvalue weighted by Gasteiger charge is -2.24. The molecule has 0 fully saturated rings. The lowest BCUT2D eigenvalue weighted by atomic mass is 10.1. The van der Waals surface area contributed by atoms with Crippen molar-refractivity contribution in [2.75, 3.05) is 6.61 Å². The van der Waals surface area contributed by atoms with Crippen LogP contribution >= 0.6 is 0 Å². The second-order valence-electron chi connectivity index (χ2n) is 3.35. The van der Waals surface area contributed by atoms with Crippen LogP contribution in [0.15, 0.2) is 0 Å². The molecule has 0 rings (SSSR count). The van der Waals surface area contributed by atoms with Crippen molar-refractivity contribution in [2.45, 2.75) is 33.2 Å². The number of rotatable bonds is 3. The fraction of sp³-hybridized carbons (Fsp3) is 0.750. The van der Waals surface area contributed by atoms with Crippen LogP contribution in [0.3, 0.4) is 0 Å². The quantitative estimate of drug-likeness (QED) is 0.631. The number of carbonyl (C=O) groups is 2. The van der Waals surface area contributed by atoms with Crippen LogP contribution in [-0.4, -0.2) is 24.0 Å². The Kier molecular flexibility index (Phi) is 3.73. The first-order valence-electron chi connectivity index (χ1n) is 3.75. The van der Waals surface area contributed by atoms with Gasteiger partial charge in [-0.25, -0.2) is 0 Å². The van der Waals surface area contributed by atoms with E-state index >= 15 is 0 Å². The molecule has 0 aliphatic heterocycles. The van der Waals surface area contributed by atoms with Gasteiger partial charge in [-0.3, -0.25) is 9.59 Å². The summed E-state index contributed by atoms with van der Waals surface area (Å²) in [6.07, 6.45) is 0. The van der Waals surface area contributed by atoms with E-state index in [2.05, 4.69) is 5.32 Å². The van der Waals surface area contributed by atoms with Crippen molar-refractivity contribution in [3.05, 3.63) is 0 Å². The molecule has 4 nitrogen and oxygen atoms in total. The van der Waals surface area contributed by atoms with Crippen LogP contribution in [-0.2, 0) is 14.3 Å². The summed E-state index contributed by atoms with van der Waals surface area (Å²) < 4.78 is 4.75. The molecule has 0 spiro atoms. The highest BCUT2D eigenvalue weighted by Crippen LogP contribution is 2.02. The van der Waals surface area contributed by atoms with Gasteiger partial charge in [-0.05, 0) is 13.8 Å². The predicted octanol–water partition coefficient (Wildman–Crippen LogP) is 0.464. The van der Waals surface area contributed by atoms with Gasteiger partial charge in [0.25, 0.3) is 0 Å². The third-order valence-corrected chi connectivity index (χ3v) is 1.15. The molecule has 1 N–H and O–H groups in total. The van der Waals surface area contributed by atoms with Gasteiger partial charge in [-0.15, -0.1) is 0 Å². The van der Waals surface area contributed by atoms with Gasteiger partial charge >= 0.3 is 5.97 Å². The van der Waals surface area contributed by atoms with Gasteiger partial charge in [0, 0.05) is 13.8 Å². The molecule has 0 bridgehead atoms. The number of nitrogens with one attached hydrogen (secondary N) is 1. The molecule has 0 aliphatic rings. The topological polar surface area (TPSA) is 55.4 Å². The minimum atomic E-state index is -0.489. The minimum Gasteiger partial charge on any atom is -0.463 e.